The van der Waals surface area contributed by atoms with Crippen LogP contribution in [0.2, 0.25) is 0 Å². The normalized spacial score (nSPS) is 13.6. The highest BCUT2D eigenvalue weighted by molar-refractivity contribution is 4.68. The molecule has 0 radical (unpaired) electrons. The van der Waals surface area contributed by atoms with Crippen molar-refractivity contribution >= 4 is 0 Å². The molecule has 6 N–H and O–H groups in total. The van der Waals surface area contributed by atoms with Crippen molar-refractivity contribution in [3.05, 3.63) is 0 Å². The van der Waals surface area contributed by atoms with Crippen LogP contribution in [0, 0.1) is 0 Å². The zero-order chi connectivity index (χ0) is 10.1. The lowest BCUT2D eigenvalue weighted by atomic mass is 10.2. The topological polar surface area (TPSA) is 81.3 Å². The first-order valence-electron chi connectivity index (χ1n) is 5.10. The molecule has 0 spiro atoms. The van der Waals surface area contributed by atoms with E-state index in [-0.39, 0.29) is 0 Å². The molecule has 0 aromatic heterocycles. The molecule has 0 amide bonds. The third kappa shape index (κ3) is 5.99. The summed E-state index contributed by atoms with van der Waals surface area (Å²) >= 11 is 0. The van der Waals surface area contributed by atoms with Gasteiger partial charge in [-0.05, 0) is 45.9 Å². The molecule has 0 aromatic rings. The van der Waals surface area contributed by atoms with Crippen molar-refractivity contribution < 1.29 is 0 Å². The zero-order valence-electron chi connectivity index (χ0n) is 8.71. The van der Waals surface area contributed by atoms with Gasteiger partial charge in [0.05, 0.1) is 0 Å². The van der Waals surface area contributed by atoms with Crippen LogP contribution in [0.25, 0.3) is 0 Å². The summed E-state index contributed by atoms with van der Waals surface area (Å²) in [5.74, 6) is 0. The second-order valence-corrected chi connectivity index (χ2v) is 3.41. The van der Waals surface area contributed by atoms with Crippen LogP contribution in [-0.4, -0.2) is 43.7 Å². The molecule has 0 saturated heterocycles. The van der Waals surface area contributed by atoms with E-state index in [4.69, 9.17) is 17.2 Å². The standard InChI is InChI=1S/C9H24N4/c1-9(8-12)13(6-2-4-10)7-3-5-11/h9H,2-8,10-12H2,1H3. The minimum Gasteiger partial charge on any atom is -0.330 e. The Morgan fingerprint density at radius 3 is 1.77 bits per heavy atom. The van der Waals surface area contributed by atoms with Crippen LogP contribution in [0.5, 0.6) is 0 Å². The highest BCUT2D eigenvalue weighted by Crippen LogP contribution is 1.99. The SMILES string of the molecule is CC(CN)N(CCCN)CCCN. The van der Waals surface area contributed by atoms with Gasteiger partial charge >= 0.3 is 0 Å². The number of nitrogens with two attached hydrogens (primary N) is 3. The van der Waals surface area contributed by atoms with E-state index >= 15 is 0 Å². The molecule has 0 saturated carbocycles. The average Bonchev–Trinajstić information content (AvgIpc) is 2.17. The van der Waals surface area contributed by atoms with Gasteiger partial charge in [-0.2, -0.15) is 0 Å². The Morgan fingerprint density at radius 2 is 1.46 bits per heavy atom. The fourth-order valence-electron chi connectivity index (χ4n) is 1.29. The van der Waals surface area contributed by atoms with Gasteiger partial charge in [0.1, 0.15) is 0 Å². The number of hydrogen-bond donors (Lipinski definition) is 3. The van der Waals surface area contributed by atoms with Gasteiger partial charge in [0.25, 0.3) is 0 Å². The first-order valence-corrected chi connectivity index (χ1v) is 5.10. The largest absolute Gasteiger partial charge is 0.330 e. The molecule has 0 heterocycles. The Balaban J connectivity index is 3.72. The summed E-state index contributed by atoms with van der Waals surface area (Å²) in [5.41, 5.74) is 16.5. The third-order valence-electron chi connectivity index (χ3n) is 2.26. The summed E-state index contributed by atoms with van der Waals surface area (Å²) in [7, 11) is 0. The van der Waals surface area contributed by atoms with Crippen molar-refractivity contribution in [1.82, 2.24) is 4.90 Å². The summed E-state index contributed by atoms with van der Waals surface area (Å²) in [5, 5.41) is 0. The van der Waals surface area contributed by atoms with Crippen LogP contribution in [0.3, 0.4) is 0 Å². The lowest BCUT2D eigenvalue weighted by Gasteiger charge is -2.27. The van der Waals surface area contributed by atoms with Crippen molar-refractivity contribution in [2.24, 2.45) is 17.2 Å². The third-order valence-corrected chi connectivity index (χ3v) is 2.26. The average molecular weight is 188 g/mol. The van der Waals surface area contributed by atoms with E-state index in [0.29, 0.717) is 12.6 Å². The fourth-order valence-corrected chi connectivity index (χ4v) is 1.29. The van der Waals surface area contributed by atoms with Crippen LogP contribution < -0.4 is 17.2 Å². The van der Waals surface area contributed by atoms with Gasteiger partial charge < -0.3 is 17.2 Å². The monoisotopic (exact) mass is 188 g/mol. The molecule has 0 fully saturated rings. The van der Waals surface area contributed by atoms with E-state index in [1.54, 1.807) is 0 Å². The van der Waals surface area contributed by atoms with Gasteiger partial charge in [-0.3, -0.25) is 4.90 Å². The maximum Gasteiger partial charge on any atom is 0.0190 e. The molecule has 4 nitrogen and oxygen atoms in total. The first kappa shape index (κ1) is 12.8. The minimum absolute atomic E-state index is 0.443. The van der Waals surface area contributed by atoms with Gasteiger partial charge in [0.15, 0.2) is 0 Å². The second kappa shape index (κ2) is 8.44. The van der Waals surface area contributed by atoms with E-state index in [2.05, 4.69) is 11.8 Å². The maximum atomic E-state index is 5.61. The van der Waals surface area contributed by atoms with Crippen molar-refractivity contribution in [3.8, 4) is 0 Å². The Hall–Kier alpha value is -0.160. The van der Waals surface area contributed by atoms with E-state index in [1.807, 2.05) is 0 Å². The number of hydrogen-bond acceptors (Lipinski definition) is 4. The molecule has 0 bridgehead atoms. The van der Waals surface area contributed by atoms with Crippen LogP contribution >= 0.6 is 0 Å². The molecule has 0 aromatic carbocycles. The molecule has 0 aliphatic carbocycles. The van der Waals surface area contributed by atoms with E-state index in [1.165, 1.54) is 0 Å². The molecular formula is C9H24N4. The molecule has 0 aliphatic heterocycles. The molecule has 1 unspecified atom stereocenters. The summed E-state index contributed by atoms with van der Waals surface area (Å²) in [6.07, 6.45) is 2.07. The van der Waals surface area contributed by atoms with Crippen molar-refractivity contribution in [1.29, 1.82) is 0 Å². The van der Waals surface area contributed by atoms with E-state index in [0.717, 1.165) is 39.0 Å². The maximum absolute atomic E-state index is 5.61. The quantitative estimate of drug-likeness (QED) is 0.472. The van der Waals surface area contributed by atoms with Gasteiger partial charge in [-0.25, -0.2) is 0 Å². The summed E-state index contributed by atoms with van der Waals surface area (Å²) in [4.78, 5) is 2.36. The van der Waals surface area contributed by atoms with Crippen molar-refractivity contribution in [2.75, 3.05) is 32.7 Å². The van der Waals surface area contributed by atoms with Gasteiger partial charge in [0, 0.05) is 12.6 Å². The second-order valence-electron chi connectivity index (χ2n) is 3.41. The highest BCUT2D eigenvalue weighted by Gasteiger charge is 2.10. The molecule has 1 atom stereocenters. The van der Waals surface area contributed by atoms with Crippen LogP contribution in [0.15, 0.2) is 0 Å². The predicted octanol–water partition coefficient (Wildman–Crippen LogP) is -0.667. The minimum atomic E-state index is 0.443. The first-order chi connectivity index (χ1) is 6.26. The van der Waals surface area contributed by atoms with Crippen LogP contribution in [0.4, 0.5) is 0 Å². The number of nitrogens with zero attached hydrogens (tertiary/aromatic N) is 1. The summed E-state index contributed by atoms with van der Waals surface area (Å²) in [6, 6.07) is 0.443. The molecule has 80 valence electrons. The Labute approximate surface area is 81.4 Å². The Bertz CT molecular complexity index is 99.8. The molecule has 13 heavy (non-hydrogen) atoms. The van der Waals surface area contributed by atoms with Gasteiger partial charge in [-0.15, -0.1) is 0 Å². The van der Waals surface area contributed by atoms with Crippen molar-refractivity contribution in [3.63, 3.8) is 0 Å². The van der Waals surface area contributed by atoms with Gasteiger partial charge in [0.2, 0.25) is 0 Å². The number of rotatable bonds is 8. The molecule has 0 rings (SSSR count). The van der Waals surface area contributed by atoms with Crippen LogP contribution in [0.1, 0.15) is 19.8 Å². The zero-order valence-corrected chi connectivity index (χ0v) is 8.71. The fraction of sp³-hybridized carbons (Fsp3) is 1.00. The molecular weight excluding hydrogens is 164 g/mol. The Morgan fingerprint density at radius 1 is 1.00 bits per heavy atom. The Kier molecular flexibility index (Phi) is 8.33. The van der Waals surface area contributed by atoms with E-state index in [9.17, 15) is 0 Å². The summed E-state index contributed by atoms with van der Waals surface area (Å²) in [6.45, 7) is 6.42. The predicted molar refractivity (Wildman–Crippen MR) is 57.4 cm³/mol. The van der Waals surface area contributed by atoms with Crippen LogP contribution in [-0.2, 0) is 0 Å². The van der Waals surface area contributed by atoms with Crippen molar-refractivity contribution in [2.45, 2.75) is 25.8 Å². The summed E-state index contributed by atoms with van der Waals surface area (Å²) < 4.78 is 0. The lowest BCUT2D eigenvalue weighted by molar-refractivity contribution is 0.210. The molecule has 0 aliphatic rings. The molecule has 4 heteroatoms. The smallest absolute Gasteiger partial charge is 0.0190 e. The highest BCUT2D eigenvalue weighted by atomic mass is 15.2. The van der Waals surface area contributed by atoms with E-state index < -0.39 is 0 Å². The lowest BCUT2D eigenvalue weighted by Crippen LogP contribution is -2.40. The van der Waals surface area contributed by atoms with Gasteiger partial charge in [-0.1, -0.05) is 0 Å².